The molecule has 0 spiro atoms. The van der Waals surface area contributed by atoms with Gasteiger partial charge in [-0.1, -0.05) is 19.1 Å². The lowest BCUT2D eigenvalue weighted by Gasteiger charge is -2.44. The maximum Gasteiger partial charge on any atom is 0.0483 e. The average Bonchev–Trinajstić information content (AvgIpc) is 2.78. The molecule has 4 rings (SSSR count). The Balaban J connectivity index is 1.84. The van der Waals surface area contributed by atoms with Gasteiger partial charge in [0.05, 0.1) is 0 Å². The first-order valence-electron chi connectivity index (χ1n) is 8.10. The molecule has 1 saturated heterocycles. The third-order valence-corrected chi connectivity index (χ3v) is 5.36. The Morgan fingerprint density at radius 1 is 1.30 bits per heavy atom. The van der Waals surface area contributed by atoms with E-state index in [0.717, 1.165) is 12.0 Å². The summed E-state index contributed by atoms with van der Waals surface area (Å²) in [5, 5.41) is 1.56. The number of hydrogen-bond donors (Lipinski definition) is 0. The second kappa shape index (κ2) is 4.63. The molecule has 2 nitrogen and oxygen atoms in total. The van der Waals surface area contributed by atoms with E-state index in [9.17, 15) is 0 Å². The highest BCUT2D eigenvalue weighted by atomic mass is 15.2. The fraction of sp³-hybridized carbons (Fsp3) is 0.556. The Hall–Kier alpha value is -1.28. The van der Waals surface area contributed by atoms with E-state index < -0.39 is 0 Å². The standard InChI is InChI=1S/C18H24N2/c1-3-9-20-10-5-7-14-15-6-4-8-16-18(15)13(11-17(14)20)12-19(16)2/h4,6,8,12,14,17H,3,5,7,9-11H2,1-2H3/t14-,17-/m1/s1. The summed E-state index contributed by atoms with van der Waals surface area (Å²) in [6.07, 6.45) is 7.62. The van der Waals surface area contributed by atoms with Crippen LogP contribution in [0.15, 0.2) is 24.4 Å². The number of likely N-dealkylation sites (tertiary alicyclic amines) is 1. The van der Waals surface area contributed by atoms with E-state index in [2.05, 4.69) is 47.8 Å². The summed E-state index contributed by atoms with van der Waals surface area (Å²) in [5.74, 6) is 0.758. The third kappa shape index (κ3) is 1.67. The molecule has 2 aromatic rings. The van der Waals surface area contributed by atoms with Gasteiger partial charge < -0.3 is 4.57 Å². The number of benzene rings is 1. The van der Waals surface area contributed by atoms with Gasteiger partial charge in [0.15, 0.2) is 0 Å². The van der Waals surface area contributed by atoms with Crippen molar-refractivity contribution in [1.82, 2.24) is 9.47 Å². The lowest BCUT2D eigenvalue weighted by molar-refractivity contribution is 0.124. The van der Waals surface area contributed by atoms with Crippen LogP contribution >= 0.6 is 0 Å². The van der Waals surface area contributed by atoms with E-state index in [0.29, 0.717) is 0 Å². The van der Waals surface area contributed by atoms with Gasteiger partial charge in [-0.2, -0.15) is 0 Å². The van der Waals surface area contributed by atoms with Crippen molar-refractivity contribution in [2.24, 2.45) is 7.05 Å². The van der Waals surface area contributed by atoms with Gasteiger partial charge in [-0.15, -0.1) is 0 Å². The Labute approximate surface area is 121 Å². The second-order valence-electron chi connectivity index (χ2n) is 6.56. The van der Waals surface area contributed by atoms with Gasteiger partial charge in [0, 0.05) is 36.1 Å². The van der Waals surface area contributed by atoms with E-state index in [1.165, 1.54) is 44.3 Å². The number of piperidine rings is 1. The van der Waals surface area contributed by atoms with Gasteiger partial charge in [0.2, 0.25) is 0 Å². The summed E-state index contributed by atoms with van der Waals surface area (Å²) in [6, 6.07) is 7.65. The first-order valence-corrected chi connectivity index (χ1v) is 8.10. The minimum absolute atomic E-state index is 0.740. The van der Waals surface area contributed by atoms with Crippen molar-refractivity contribution in [2.45, 2.75) is 44.6 Å². The number of aromatic nitrogens is 1. The van der Waals surface area contributed by atoms with Crippen LogP contribution in [-0.2, 0) is 13.5 Å². The molecule has 1 aromatic heterocycles. The van der Waals surface area contributed by atoms with Crippen molar-refractivity contribution < 1.29 is 0 Å². The van der Waals surface area contributed by atoms with Gasteiger partial charge in [-0.05, 0) is 56.0 Å². The van der Waals surface area contributed by atoms with Crippen molar-refractivity contribution in [3.05, 3.63) is 35.5 Å². The van der Waals surface area contributed by atoms with E-state index in [1.54, 1.807) is 16.5 Å². The summed E-state index contributed by atoms with van der Waals surface area (Å²) >= 11 is 0. The van der Waals surface area contributed by atoms with Crippen LogP contribution in [-0.4, -0.2) is 28.6 Å². The van der Waals surface area contributed by atoms with Crippen molar-refractivity contribution in [2.75, 3.05) is 13.1 Å². The SMILES string of the molecule is CCCN1CCC[C@@H]2c3cccc4c3c(cn4C)C[C@H]21. The van der Waals surface area contributed by atoms with E-state index in [1.807, 2.05) is 0 Å². The third-order valence-electron chi connectivity index (χ3n) is 5.36. The number of fused-ring (bicyclic) bond motifs is 2. The molecule has 106 valence electrons. The highest BCUT2D eigenvalue weighted by Gasteiger charge is 2.37. The van der Waals surface area contributed by atoms with Crippen molar-refractivity contribution >= 4 is 10.9 Å². The van der Waals surface area contributed by atoms with E-state index >= 15 is 0 Å². The van der Waals surface area contributed by atoms with Gasteiger partial charge in [-0.25, -0.2) is 0 Å². The van der Waals surface area contributed by atoms with Gasteiger partial charge in [0.1, 0.15) is 0 Å². The Morgan fingerprint density at radius 3 is 3.05 bits per heavy atom. The Kier molecular flexibility index (Phi) is 2.88. The fourth-order valence-electron chi connectivity index (χ4n) is 4.58. The molecule has 1 aliphatic carbocycles. The van der Waals surface area contributed by atoms with Crippen molar-refractivity contribution in [3.8, 4) is 0 Å². The van der Waals surface area contributed by atoms with Crippen LogP contribution in [0, 0.1) is 0 Å². The van der Waals surface area contributed by atoms with Crippen LogP contribution in [0.2, 0.25) is 0 Å². The molecular formula is C18H24N2. The zero-order chi connectivity index (χ0) is 13.7. The highest BCUT2D eigenvalue weighted by molar-refractivity contribution is 5.89. The van der Waals surface area contributed by atoms with Crippen LogP contribution in [0.5, 0.6) is 0 Å². The molecule has 20 heavy (non-hydrogen) atoms. The molecular weight excluding hydrogens is 244 g/mol. The van der Waals surface area contributed by atoms with Crippen LogP contribution in [0.3, 0.4) is 0 Å². The Morgan fingerprint density at radius 2 is 2.20 bits per heavy atom. The maximum absolute atomic E-state index is 2.75. The predicted molar refractivity (Wildman–Crippen MR) is 84.3 cm³/mol. The summed E-state index contributed by atoms with van der Waals surface area (Å²) in [6.45, 7) is 4.87. The molecule has 0 saturated carbocycles. The lowest BCUT2D eigenvalue weighted by atomic mass is 9.75. The first-order chi connectivity index (χ1) is 9.79. The highest BCUT2D eigenvalue weighted by Crippen LogP contribution is 2.43. The molecule has 0 bridgehead atoms. The predicted octanol–water partition coefficient (Wildman–Crippen LogP) is 3.69. The number of nitrogens with zero attached hydrogens (tertiary/aromatic N) is 2. The van der Waals surface area contributed by atoms with Crippen LogP contribution in [0.25, 0.3) is 10.9 Å². The molecule has 0 radical (unpaired) electrons. The molecule has 1 fully saturated rings. The largest absolute Gasteiger partial charge is 0.350 e. The topological polar surface area (TPSA) is 8.17 Å². The quantitative estimate of drug-likeness (QED) is 0.806. The first kappa shape index (κ1) is 12.5. The molecule has 0 amide bonds. The fourth-order valence-corrected chi connectivity index (χ4v) is 4.58. The summed E-state index contributed by atoms with van der Waals surface area (Å²) in [7, 11) is 2.19. The normalized spacial score (nSPS) is 25.9. The maximum atomic E-state index is 2.75. The van der Waals surface area contributed by atoms with Crippen LogP contribution in [0.1, 0.15) is 43.2 Å². The monoisotopic (exact) mass is 268 g/mol. The van der Waals surface area contributed by atoms with Crippen molar-refractivity contribution in [1.29, 1.82) is 0 Å². The summed E-state index contributed by atoms with van der Waals surface area (Å²) in [4.78, 5) is 2.75. The molecule has 0 N–H and O–H groups in total. The Bertz CT molecular complexity index is 638. The van der Waals surface area contributed by atoms with Gasteiger partial charge >= 0.3 is 0 Å². The molecule has 2 aliphatic rings. The molecule has 1 aliphatic heterocycles. The smallest absolute Gasteiger partial charge is 0.0483 e. The minimum atomic E-state index is 0.740. The molecule has 2 heteroatoms. The van der Waals surface area contributed by atoms with E-state index in [-0.39, 0.29) is 0 Å². The summed E-state index contributed by atoms with van der Waals surface area (Å²) < 4.78 is 2.32. The van der Waals surface area contributed by atoms with E-state index in [4.69, 9.17) is 0 Å². The number of aryl methyl sites for hydroxylation is 1. The molecule has 2 heterocycles. The second-order valence-corrected chi connectivity index (χ2v) is 6.56. The lowest BCUT2D eigenvalue weighted by Crippen LogP contribution is -2.46. The zero-order valence-corrected chi connectivity index (χ0v) is 12.6. The molecule has 0 unspecified atom stereocenters. The molecule has 2 atom stereocenters. The number of rotatable bonds is 2. The average molecular weight is 268 g/mol. The minimum Gasteiger partial charge on any atom is -0.350 e. The van der Waals surface area contributed by atoms with Crippen LogP contribution < -0.4 is 0 Å². The molecule has 1 aromatic carbocycles. The van der Waals surface area contributed by atoms with Gasteiger partial charge in [0.25, 0.3) is 0 Å². The van der Waals surface area contributed by atoms with Crippen LogP contribution in [0.4, 0.5) is 0 Å². The zero-order valence-electron chi connectivity index (χ0n) is 12.6. The van der Waals surface area contributed by atoms with Crippen molar-refractivity contribution in [3.63, 3.8) is 0 Å². The van der Waals surface area contributed by atoms with Gasteiger partial charge in [-0.3, -0.25) is 4.90 Å². The summed E-state index contributed by atoms with van der Waals surface area (Å²) in [5.41, 5.74) is 4.61. The number of hydrogen-bond acceptors (Lipinski definition) is 1.